The van der Waals surface area contributed by atoms with Crippen LogP contribution in [0, 0.1) is 0 Å². The van der Waals surface area contributed by atoms with E-state index in [1.165, 1.54) is 17.4 Å². The summed E-state index contributed by atoms with van der Waals surface area (Å²) >= 11 is 1.38. The molecule has 30 heavy (non-hydrogen) atoms. The average molecular weight is 441 g/mol. The van der Waals surface area contributed by atoms with Crippen LogP contribution in [0.4, 0.5) is 18.2 Å². The van der Waals surface area contributed by atoms with E-state index >= 15 is 0 Å². The highest BCUT2D eigenvalue weighted by Crippen LogP contribution is 2.38. The standard InChI is InChI=1S/C21H22F3NO4S/c1-2-29-20(27)17-15-8-3-4-9-16(15)30-19(17)25-18(26)14-7-5-6-13(10-14)11-28-12-21(22,23)24/h5-7,10H,2-4,8-9,11-12H2,1H3,(H,25,26). The molecule has 1 aromatic heterocycles. The molecular weight excluding hydrogens is 419 g/mol. The quantitative estimate of drug-likeness (QED) is 0.605. The van der Waals surface area contributed by atoms with Crippen molar-refractivity contribution in [1.29, 1.82) is 0 Å². The molecule has 0 bridgehead atoms. The van der Waals surface area contributed by atoms with Crippen LogP contribution in [0.2, 0.25) is 0 Å². The number of hydrogen-bond acceptors (Lipinski definition) is 5. The Morgan fingerprint density at radius 1 is 1.20 bits per heavy atom. The van der Waals surface area contributed by atoms with E-state index in [1.54, 1.807) is 25.1 Å². The number of nitrogens with one attached hydrogen (secondary N) is 1. The number of esters is 1. The number of rotatable bonds is 7. The van der Waals surface area contributed by atoms with Crippen molar-refractivity contribution in [2.24, 2.45) is 0 Å². The number of aryl methyl sites for hydroxylation is 1. The molecule has 1 aliphatic carbocycles. The predicted molar refractivity (Wildman–Crippen MR) is 107 cm³/mol. The number of ether oxygens (including phenoxy) is 2. The summed E-state index contributed by atoms with van der Waals surface area (Å²) < 4.78 is 46.5. The number of alkyl halides is 3. The van der Waals surface area contributed by atoms with Crippen molar-refractivity contribution in [3.63, 3.8) is 0 Å². The van der Waals surface area contributed by atoms with E-state index in [1.807, 2.05) is 0 Å². The maximum atomic E-state index is 12.8. The van der Waals surface area contributed by atoms with Gasteiger partial charge in [-0.15, -0.1) is 11.3 Å². The number of anilines is 1. The van der Waals surface area contributed by atoms with Gasteiger partial charge in [0.2, 0.25) is 0 Å². The van der Waals surface area contributed by atoms with E-state index in [0.717, 1.165) is 36.1 Å². The first kappa shape index (κ1) is 22.3. The molecule has 0 spiro atoms. The Morgan fingerprint density at radius 3 is 2.70 bits per heavy atom. The molecule has 0 aliphatic heterocycles. The first-order valence-electron chi connectivity index (χ1n) is 9.65. The number of thiophene rings is 1. The summed E-state index contributed by atoms with van der Waals surface area (Å²) in [6.45, 7) is 0.340. The Kier molecular flexibility index (Phi) is 7.14. The summed E-state index contributed by atoms with van der Waals surface area (Å²) in [5.74, 6) is -0.904. The number of carbonyl (C=O) groups excluding carboxylic acids is 2. The topological polar surface area (TPSA) is 64.6 Å². The van der Waals surface area contributed by atoms with Crippen LogP contribution in [0.5, 0.6) is 0 Å². The first-order valence-corrected chi connectivity index (χ1v) is 10.5. The molecule has 0 radical (unpaired) electrons. The molecule has 1 amide bonds. The number of hydrogen-bond donors (Lipinski definition) is 1. The molecule has 1 aromatic carbocycles. The van der Waals surface area contributed by atoms with Gasteiger partial charge in [0, 0.05) is 10.4 Å². The lowest BCUT2D eigenvalue weighted by atomic mass is 9.95. The fourth-order valence-electron chi connectivity index (χ4n) is 3.34. The van der Waals surface area contributed by atoms with Gasteiger partial charge in [-0.2, -0.15) is 13.2 Å². The molecule has 2 aromatic rings. The lowest BCUT2D eigenvalue weighted by Crippen LogP contribution is -2.17. The van der Waals surface area contributed by atoms with Gasteiger partial charge in [0.1, 0.15) is 11.6 Å². The zero-order chi connectivity index (χ0) is 21.7. The zero-order valence-electron chi connectivity index (χ0n) is 16.4. The van der Waals surface area contributed by atoms with Crippen molar-refractivity contribution < 1.29 is 32.2 Å². The van der Waals surface area contributed by atoms with Crippen molar-refractivity contribution in [1.82, 2.24) is 0 Å². The Hall–Kier alpha value is -2.39. The number of amides is 1. The average Bonchev–Trinajstić information content (AvgIpc) is 3.05. The van der Waals surface area contributed by atoms with Gasteiger partial charge in [-0.3, -0.25) is 4.79 Å². The second-order valence-corrected chi connectivity index (χ2v) is 8.00. The Labute approximate surface area is 176 Å². The van der Waals surface area contributed by atoms with Crippen LogP contribution in [0.15, 0.2) is 24.3 Å². The SMILES string of the molecule is CCOC(=O)c1c(NC(=O)c2cccc(COCC(F)(F)F)c2)sc2c1CCCC2. The number of benzene rings is 1. The normalized spacial score (nSPS) is 13.6. The van der Waals surface area contributed by atoms with Crippen LogP contribution in [0.3, 0.4) is 0 Å². The van der Waals surface area contributed by atoms with E-state index in [2.05, 4.69) is 10.1 Å². The Balaban J connectivity index is 1.77. The summed E-state index contributed by atoms with van der Waals surface area (Å²) in [5, 5.41) is 3.24. The second kappa shape index (κ2) is 9.61. The summed E-state index contributed by atoms with van der Waals surface area (Å²) in [6, 6.07) is 6.19. The largest absolute Gasteiger partial charge is 0.462 e. The molecule has 1 aliphatic rings. The molecule has 5 nitrogen and oxygen atoms in total. The summed E-state index contributed by atoms with van der Waals surface area (Å²) in [4.78, 5) is 26.3. The van der Waals surface area contributed by atoms with Crippen LogP contribution < -0.4 is 5.32 Å². The molecule has 0 saturated heterocycles. The van der Waals surface area contributed by atoms with Gasteiger partial charge in [0.05, 0.1) is 18.8 Å². The first-order chi connectivity index (χ1) is 14.3. The van der Waals surface area contributed by atoms with Crippen LogP contribution in [-0.4, -0.2) is 31.3 Å². The highest BCUT2D eigenvalue weighted by molar-refractivity contribution is 7.17. The fourth-order valence-corrected chi connectivity index (χ4v) is 4.61. The molecule has 3 rings (SSSR count). The lowest BCUT2D eigenvalue weighted by Gasteiger charge is -2.12. The third kappa shape index (κ3) is 5.60. The highest BCUT2D eigenvalue weighted by atomic mass is 32.1. The minimum atomic E-state index is -4.41. The van der Waals surface area contributed by atoms with Crippen LogP contribution >= 0.6 is 11.3 Å². The third-order valence-corrected chi connectivity index (χ3v) is 5.81. The van der Waals surface area contributed by atoms with Gasteiger partial charge >= 0.3 is 12.1 Å². The van der Waals surface area contributed by atoms with Crippen LogP contribution in [0.1, 0.15) is 56.5 Å². The van der Waals surface area contributed by atoms with Gasteiger partial charge in [-0.25, -0.2) is 4.79 Å². The summed E-state index contributed by atoms with van der Waals surface area (Å²) in [5.41, 5.74) is 2.07. The third-order valence-electron chi connectivity index (χ3n) is 4.60. The smallest absolute Gasteiger partial charge is 0.411 e. The molecule has 0 fully saturated rings. The molecule has 1 heterocycles. The van der Waals surface area contributed by atoms with Gasteiger partial charge < -0.3 is 14.8 Å². The maximum Gasteiger partial charge on any atom is 0.411 e. The number of halogens is 3. The monoisotopic (exact) mass is 441 g/mol. The second-order valence-electron chi connectivity index (χ2n) is 6.90. The van der Waals surface area contributed by atoms with E-state index in [9.17, 15) is 22.8 Å². The van der Waals surface area contributed by atoms with Gasteiger partial charge in [0.15, 0.2) is 0 Å². The fraction of sp³-hybridized carbons (Fsp3) is 0.429. The van der Waals surface area contributed by atoms with E-state index in [0.29, 0.717) is 16.1 Å². The van der Waals surface area contributed by atoms with Crippen molar-refractivity contribution >= 4 is 28.2 Å². The van der Waals surface area contributed by atoms with Crippen molar-refractivity contribution in [2.75, 3.05) is 18.5 Å². The van der Waals surface area contributed by atoms with Crippen LogP contribution in [-0.2, 0) is 28.9 Å². The van der Waals surface area contributed by atoms with Crippen molar-refractivity contribution in [3.8, 4) is 0 Å². The molecule has 1 N–H and O–H groups in total. The molecule has 0 atom stereocenters. The molecule has 0 saturated carbocycles. The summed E-state index contributed by atoms with van der Waals surface area (Å²) in [7, 11) is 0. The Bertz CT molecular complexity index is 923. The van der Waals surface area contributed by atoms with Gasteiger partial charge in [0.25, 0.3) is 5.91 Å². The lowest BCUT2D eigenvalue weighted by molar-refractivity contribution is -0.176. The maximum absolute atomic E-state index is 12.8. The predicted octanol–water partition coefficient (Wildman–Crippen LogP) is 5.13. The van der Waals surface area contributed by atoms with Crippen molar-refractivity contribution in [3.05, 3.63) is 51.4 Å². The minimum absolute atomic E-state index is 0.233. The Morgan fingerprint density at radius 2 is 1.97 bits per heavy atom. The summed E-state index contributed by atoms with van der Waals surface area (Å²) in [6.07, 6.45) is -0.778. The number of fused-ring (bicyclic) bond motifs is 1. The molecular formula is C21H22F3NO4S. The van der Waals surface area contributed by atoms with Gasteiger partial charge in [-0.1, -0.05) is 12.1 Å². The molecule has 0 unspecified atom stereocenters. The van der Waals surface area contributed by atoms with Crippen molar-refractivity contribution in [2.45, 2.75) is 45.4 Å². The van der Waals surface area contributed by atoms with E-state index in [4.69, 9.17) is 4.74 Å². The number of carbonyl (C=O) groups is 2. The molecule has 162 valence electrons. The highest BCUT2D eigenvalue weighted by Gasteiger charge is 2.28. The van der Waals surface area contributed by atoms with E-state index in [-0.39, 0.29) is 18.8 Å². The van der Waals surface area contributed by atoms with Gasteiger partial charge in [-0.05, 0) is 55.9 Å². The zero-order valence-corrected chi connectivity index (χ0v) is 17.3. The molecule has 9 heteroatoms. The van der Waals surface area contributed by atoms with Crippen LogP contribution in [0.25, 0.3) is 0 Å². The van der Waals surface area contributed by atoms with E-state index < -0.39 is 24.7 Å². The minimum Gasteiger partial charge on any atom is -0.462 e.